The molecule has 0 radical (unpaired) electrons. The van der Waals surface area contributed by atoms with Crippen molar-refractivity contribution in [3.05, 3.63) is 81.9 Å². The van der Waals surface area contributed by atoms with Gasteiger partial charge in [0.1, 0.15) is 11.0 Å². The fourth-order valence-electron chi connectivity index (χ4n) is 7.32. The molecule has 5 heterocycles. The van der Waals surface area contributed by atoms with Gasteiger partial charge in [-0.25, -0.2) is 19.3 Å². The van der Waals surface area contributed by atoms with Crippen LogP contribution in [0.25, 0.3) is 16.9 Å². The van der Waals surface area contributed by atoms with Crippen LogP contribution in [0.1, 0.15) is 55.0 Å². The molecule has 2 N–H and O–H groups in total. The number of aryl methyl sites for hydroxylation is 1. The number of pyridine rings is 1. The van der Waals surface area contributed by atoms with Crippen molar-refractivity contribution < 1.29 is 23.1 Å². The predicted molar refractivity (Wildman–Crippen MR) is 173 cm³/mol. The molecule has 14 heteroatoms. The molecule has 1 amide bonds. The van der Waals surface area contributed by atoms with Crippen molar-refractivity contribution in [3.63, 3.8) is 0 Å². The number of likely N-dealkylation sites (tertiary alicyclic amines) is 1. The van der Waals surface area contributed by atoms with Crippen LogP contribution >= 0.6 is 0 Å². The Morgan fingerprint density at radius 1 is 1.10 bits per heavy atom. The van der Waals surface area contributed by atoms with Crippen molar-refractivity contribution in [1.82, 2.24) is 34.1 Å². The van der Waals surface area contributed by atoms with E-state index in [0.717, 1.165) is 46.7 Å². The van der Waals surface area contributed by atoms with Gasteiger partial charge in [0.25, 0.3) is 5.56 Å². The zero-order valence-electron chi connectivity index (χ0n) is 26.6. The molecule has 1 aliphatic carbocycles. The van der Waals surface area contributed by atoms with Crippen LogP contribution in [-0.2, 0) is 36.3 Å². The molecule has 7 rings (SSSR count). The van der Waals surface area contributed by atoms with Crippen molar-refractivity contribution in [2.24, 2.45) is 0 Å². The van der Waals surface area contributed by atoms with E-state index >= 15 is 0 Å². The maximum atomic E-state index is 13.4. The van der Waals surface area contributed by atoms with E-state index in [-0.39, 0.29) is 31.2 Å². The average Bonchev–Trinajstić information content (AvgIpc) is 3.56. The molecule has 3 aromatic heterocycles. The lowest BCUT2D eigenvalue weighted by Crippen LogP contribution is -2.50. The maximum absolute atomic E-state index is 13.4. The Morgan fingerprint density at radius 2 is 1.88 bits per heavy atom. The van der Waals surface area contributed by atoms with E-state index in [1.807, 2.05) is 31.2 Å². The minimum atomic E-state index is -4.84. The number of piperidine rings is 1. The van der Waals surface area contributed by atoms with Crippen LogP contribution in [0.3, 0.4) is 0 Å². The number of nitrogens with zero attached hydrogens (tertiary/aromatic N) is 7. The first-order chi connectivity index (χ1) is 23.0. The minimum absolute atomic E-state index is 0.105. The predicted octanol–water partition coefficient (Wildman–Crippen LogP) is 4.36. The SMILES string of the molecule is C=CCn1c(=O)c2cnc(Nc3ccc4c(c3)CCN(C3CCN(C(=O)C(F)(F)F)CC3)C4)nc2n1-c1ccc2c(n1)[C@@](O)(CC)CC2. The number of carbonyl (C=O) groups is 1. The number of hydrogen-bond acceptors (Lipinski definition) is 8. The molecular formula is C34H37F3N8O3. The van der Waals surface area contributed by atoms with E-state index in [4.69, 9.17) is 9.97 Å². The summed E-state index contributed by atoms with van der Waals surface area (Å²) in [6, 6.07) is 9.93. The Bertz CT molecular complexity index is 1960. The number of anilines is 2. The molecule has 0 saturated carbocycles. The van der Waals surface area contributed by atoms with E-state index in [0.29, 0.717) is 60.7 Å². The second-order valence-corrected chi connectivity index (χ2v) is 12.8. The summed E-state index contributed by atoms with van der Waals surface area (Å²) in [6.45, 7) is 7.63. The number of allylic oxidation sites excluding steroid dienone is 1. The molecule has 11 nitrogen and oxygen atoms in total. The highest BCUT2D eigenvalue weighted by Crippen LogP contribution is 2.38. The van der Waals surface area contributed by atoms with E-state index in [1.54, 1.807) is 10.8 Å². The summed E-state index contributed by atoms with van der Waals surface area (Å²) in [6.07, 6.45) is 1.96. The van der Waals surface area contributed by atoms with Crippen LogP contribution < -0.4 is 10.9 Å². The summed E-state index contributed by atoms with van der Waals surface area (Å²) in [5.74, 6) is -0.983. The van der Waals surface area contributed by atoms with Gasteiger partial charge in [-0.2, -0.15) is 18.2 Å². The number of nitrogens with one attached hydrogen (secondary N) is 1. The number of carbonyl (C=O) groups excluding carboxylic acids is 1. The third-order valence-electron chi connectivity index (χ3n) is 10.0. The van der Waals surface area contributed by atoms with Gasteiger partial charge in [-0.15, -0.1) is 6.58 Å². The summed E-state index contributed by atoms with van der Waals surface area (Å²) in [5, 5.41) is 14.8. The summed E-state index contributed by atoms with van der Waals surface area (Å²) >= 11 is 0. The lowest BCUT2D eigenvalue weighted by Gasteiger charge is -2.40. The molecule has 1 fully saturated rings. The molecule has 3 aliphatic rings. The van der Waals surface area contributed by atoms with Crippen LogP contribution in [0.15, 0.2) is 54.0 Å². The Labute approximate surface area is 274 Å². The van der Waals surface area contributed by atoms with E-state index in [2.05, 4.69) is 27.8 Å². The van der Waals surface area contributed by atoms with E-state index in [9.17, 15) is 27.9 Å². The zero-order valence-corrected chi connectivity index (χ0v) is 26.6. The van der Waals surface area contributed by atoms with Crippen molar-refractivity contribution in [2.75, 3.05) is 25.0 Å². The molecule has 0 unspecified atom stereocenters. The number of fused-ring (bicyclic) bond motifs is 3. The number of hydrogen-bond donors (Lipinski definition) is 2. The number of benzene rings is 1. The number of amides is 1. The first-order valence-electron chi connectivity index (χ1n) is 16.3. The molecule has 4 aromatic rings. The monoisotopic (exact) mass is 662 g/mol. The molecule has 0 spiro atoms. The third-order valence-corrected chi connectivity index (χ3v) is 10.0. The average molecular weight is 663 g/mol. The lowest BCUT2D eigenvalue weighted by atomic mass is 9.95. The minimum Gasteiger partial charge on any atom is -0.384 e. The van der Waals surface area contributed by atoms with Crippen molar-refractivity contribution >= 4 is 28.6 Å². The summed E-state index contributed by atoms with van der Waals surface area (Å²) in [5.41, 5.74) is 3.78. The number of halogens is 3. The van der Waals surface area contributed by atoms with Crippen LogP contribution in [-0.4, -0.2) is 77.0 Å². The van der Waals surface area contributed by atoms with Crippen LogP contribution in [0.2, 0.25) is 0 Å². The van der Waals surface area contributed by atoms with E-state index in [1.165, 1.54) is 10.9 Å². The van der Waals surface area contributed by atoms with Gasteiger partial charge < -0.3 is 15.3 Å². The van der Waals surface area contributed by atoms with Gasteiger partial charge in [-0.05, 0) is 73.4 Å². The molecule has 0 bridgehead atoms. The Morgan fingerprint density at radius 3 is 2.60 bits per heavy atom. The van der Waals surface area contributed by atoms with Gasteiger partial charge in [-0.3, -0.25) is 14.5 Å². The Hall–Kier alpha value is -4.56. The molecule has 48 heavy (non-hydrogen) atoms. The highest BCUT2D eigenvalue weighted by Gasteiger charge is 2.44. The van der Waals surface area contributed by atoms with Gasteiger partial charge >= 0.3 is 12.1 Å². The first kappa shape index (κ1) is 32.0. The molecule has 1 atom stereocenters. The molecule has 1 aromatic carbocycles. The number of rotatable bonds is 7. The largest absolute Gasteiger partial charge is 0.471 e. The van der Waals surface area contributed by atoms with Gasteiger partial charge in [0.2, 0.25) is 5.95 Å². The number of aromatic nitrogens is 5. The molecule has 1 saturated heterocycles. The third kappa shape index (κ3) is 5.66. The topological polar surface area (TPSA) is 121 Å². The second-order valence-electron chi connectivity index (χ2n) is 12.8. The van der Waals surface area contributed by atoms with Gasteiger partial charge in [0.15, 0.2) is 11.5 Å². The van der Waals surface area contributed by atoms with Gasteiger partial charge in [0.05, 0.1) is 12.2 Å². The maximum Gasteiger partial charge on any atom is 0.471 e. The summed E-state index contributed by atoms with van der Waals surface area (Å²) in [7, 11) is 0. The summed E-state index contributed by atoms with van der Waals surface area (Å²) in [4.78, 5) is 42.3. The number of alkyl halides is 3. The molecule has 2 aliphatic heterocycles. The number of aliphatic hydroxyl groups is 1. The van der Waals surface area contributed by atoms with Crippen LogP contribution in [0.4, 0.5) is 24.8 Å². The van der Waals surface area contributed by atoms with Crippen LogP contribution in [0, 0.1) is 0 Å². The van der Waals surface area contributed by atoms with Crippen molar-refractivity contribution in [2.45, 2.75) is 76.4 Å². The fourth-order valence-corrected chi connectivity index (χ4v) is 7.32. The van der Waals surface area contributed by atoms with E-state index < -0.39 is 17.7 Å². The highest BCUT2D eigenvalue weighted by atomic mass is 19.4. The zero-order chi connectivity index (χ0) is 33.8. The molecule has 252 valence electrons. The smallest absolute Gasteiger partial charge is 0.384 e. The first-order valence-corrected chi connectivity index (χ1v) is 16.3. The standard InChI is InChI=1S/C34H37F3N8O3/c1-3-14-44-30(46)26-19-38-32(41-29(26)45(44)27-8-6-21-9-13-33(48,4-2)28(21)40-27)39-24-7-5-23-20-43(15-10-22(23)18-24)25-11-16-42(17-12-25)31(47)34(35,36)37/h3,5-8,18-19,25,48H,1,4,9-17,20H2,2H3,(H,38,39,41)/t33-/m1/s1. The van der Waals surface area contributed by atoms with Gasteiger partial charge in [0, 0.05) is 44.1 Å². The van der Waals surface area contributed by atoms with Crippen molar-refractivity contribution in [3.8, 4) is 5.82 Å². The second kappa shape index (κ2) is 12.2. The lowest BCUT2D eigenvalue weighted by molar-refractivity contribution is -0.186. The highest BCUT2D eigenvalue weighted by molar-refractivity contribution is 5.82. The molecular weight excluding hydrogens is 625 g/mol. The Balaban J connectivity index is 1.11. The van der Waals surface area contributed by atoms with Crippen LogP contribution in [0.5, 0.6) is 0 Å². The summed E-state index contributed by atoms with van der Waals surface area (Å²) < 4.78 is 41.7. The Kier molecular flexibility index (Phi) is 8.10. The normalized spacial score (nSPS) is 20.1. The quantitative estimate of drug-likeness (QED) is 0.280. The van der Waals surface area contributed by atoms with Crippen molar-refractivity contribution in [1.29, 1.82) is 0 Å². The van der Waals surface area contributed by atoms with Gasteiger partial charge in [-0.1, -0.05) is 25.1 Å². The fraction of sp³-hybridized carbons (Fsp3) is 0.441.